The molecule has 0 aliphatic carbocycles. The molecule has 0 bridgehead atoms. The van der Waals surface area contributed by atoms with Crippen molar-refractivity contribution in [2.75, 3.05) is 6.61 Å². The van der Waals surface area contributed by atoms with E-state index in [0.717, 1.165) is 21.9 Å². The number of fused-ring (bicyclic) bond motifs is 2. The summed E-state index contributed by atoms with van der Waals surface area (Å²) < 4.78 is 8.77. The zero-order valence-corrected chi connectivity index (χ0v) is 16.1. The van der Waals surface area contributed by atoms with Gasteiger partial charge in [0.2, 0.25) is 0 Å². The van der Waals surface area contributed by atoms with E-state index in [0.29, 0.717) is 18.7 Å². The lowest BCUT2D eigenvalue weighted by Gasteiger charge is -2.16. The fraction of sp³-hybridized carbons (Fsp3) is 0.217. The molecule has 3 aromatic carbocycles. The number of carboxylic acids is 1. The van der Waals surface area contributed by atoms with E-state index in [4.69, 9.17) is 4.74 Å². The van der Waals surface area contributed by atoms with Crippen molar-refractivity contribution >= 4 is 27.8 Å². The zero-order valence-electron chi connectivity index (χ0n) is 16.1. The summed E-state index contributed by atoms with van der Waals surface area (Å²) in [5, 5.41) is 11.5. The van der Waals surface area contributed by atoms with Crippen LogP contribution >= 0.6 is 0 Å². The van der Waals surface area contributed by atoms with Gasteiger partial charge in [-0.2, -0.15) is 0 Å². The van der Waals surface area contributed by atoms with Gasteiger partial charge in [0.1, 0.15) is 6.23 Å². The highest BCUT2D eigenvalue weighted by molar-refractivity contribution is 5.86. The van der Waals surface area contributed by atoms with Gasteiger partial charge < -0.3 is 9.84 Å². The molecule has 148 valence electrons. The van der Waals surface area contributed by atoms with Gasteiger partial charge in [-0.1, -0.05) is 54.6 Å². The zero-order chi connectivity index (χ0) is 20.4. The van der Waals surface area contributed by atoms with Gasteiger partial charge in [-0.3, -0.25) is 13.9 Å². The number of ether oxygens (including phenoxy) is 1. The van der Waals surface area contributed by atoms with Crippen molar-refractivity contribution in [3.8, 4) is 0 Å². The highest BCUT2D eigenvalue weighted by Gasteiger charge is 2.23. The predicted octanol–water partition coefficient (Wildman–Crippen LogP) is 4.01. The monoisotopic (exact) mass is 390 g/mol. The first-order valence-corrected chi connectivity index (χ1v) is 9.60. The number of rotatable bonds is 7. The molecule has 0 amide bonds. The quantitative estimate of drug-likeness (QED) is 0.517. The maximum absolute atomic E-state index is 13.4. The lowest BCUT2D eigenvalue weighted by atomic mass is 10.0. The number of nitrogens with zero attached hydrogens (tertiary/aromatic N) is 2. The van der Waals surface area contributed by atoms with Crippen molar-refractivity contribution in [2.24, 2.45) is 0 Å². The molecule has 0 saturated carbocycles. The molecular formula is C23H22N2O4. The Morgan fingerprint density at radius 1 is 1.00 bits per heavy atom. The van der Waals surface area contributed by atoms with E-state index in [2.05, 4.69) is 0 Å². The number of benzene rings is 3. The Bertz CT molecular complexity index is 1230. The molecule has 1 aromatic heterocycles. The third kappa shape index (κ3) is 3.54. The van der Waals surface area contributed by atoms with E-state index in [1.807, 2.05) is 66.7 Å². The Balaban J connectivity index is 1.88. The number of aliphatic carboxylic acids is 1. The van der Waals surface area contributed by atoms with Crippen LogP contribution in [-0.4, -0.2) is 26.8 Å². The third-order valence-electron chi connectivity index (χ3n) is 5.07. The fourth-order valence-electron chi connectivity index (χ4n) is 3.83. The number of carbonyl (C=O) groups is 1. The molecule has 29 heavy (non-hydrogen) atoms. The molecule has 6 nitrogen and oxygen atoms in total. The van der Waals surface area contributed by atoms with Gasteiger partial charge in [-0.05, 0) is 35.4 Å². The van der Waals surface area contributed by atoms with Gasteiger partial charge in [0, 0.05) is 6.61 Å². The molecule has 6 heteroatoms. The summed E-state index contributed by atoms with van der Waals surface area (Å²) in [6.07, 6.45) is -1.14. The fourth-order valence-corrected chi connectivity index (χ4v) is 3.83. The molecule has 1 atom stereocenters. The van der Waals surface area contributed by atoms with Crippen molar-refractivity contribution in [3.63, 3.8) is 0 Å². The smallest absolute Gasteiger partial charge is 0.331 e. The predicted molar refractivity (Wildman–Crippen MR) is 112 cm³/mol. The van der Waals surface area contributed by atoms with Crippen LogP contribution in [0.2, 0.25) is 0 Å². The van der Waals surface area contributed by atoms with Gasteiger partial charge in [0.25, 0.3) is 0 Å². The van der Waals surface area contributed by atoms with Crippen LogP contribution in [0.4, 0.5) is 0 Å². The average molecular weight is 390 g/mol. The third-order valence-corrected chi connectivity index (χ3v) is 5.07. The number of aromatic nitrogens is 2. The number of para-hydroxylation sites is 2. The Kier molecular flexibility index (Phi) is 5.18. The van der Waals surface area contributed by atoms with Crippen LogP contribution in [-0.2, 0) is 16.1 Å². The Hall–Kier alpha value is -3.38. The second-order valence-corrected chi connectivity index (χ2v) is 6.87. The minimum atomic E-state index is -1.01. The maximum atomic E-state index is 13.4. The Morgan fingerprint density at radius 3 is 2.45 bits per heavy atom. The minimum absolute atomic E-state index is 0.279. The summed E-state index contributed by atoms with van der Waals surface area (Å²) in [7, 11) is 0. The molecule has 0 fully saturated rings. The van der Waals surface area contributed by atoms with E-state index >= 15 is 0 Å². The molecule has 0 aliphatic rings. The molecule has 0 spiro atoms. The van der Waals surface area contributed by atoms with E-state index in [1.54, 1.807) is 11.5 Å². The summed E-state index contributed by atoms with van der Waals surface area (Å²) in [5.74, 6) is -1.01. The van der Waals surface area contributed by atoms with Gasteiger partial charge in [-0.15, -0.1) is 0 Å². The van der Waals surface area contributed by atoms with Crippen LogP contribution in [0.15, 0.2) is 71.5 Å². The van der Waals surface area contributed by atoms with Crippen LogP contribution in [0.5, 0.6) is 0 Å². The van der Waals surface area contributed by atoms with Crippen molar-refractivity contribution in [3.05, 3.63) is 82.8 Å². The number of imidazole rings is 1. The summed E-state index contributed by atoms with van der Waals surface area (Å²) in [4.78, 5) is 24.7. The number of hydrogen-bond donors (Lipinski definition) is 1. The average Bonchev–Trinajstić information content (AvgIpc) is 2.99. The molecule has 4 rings (SSSR count). The van der Waals surface area contributed by atoms with E-state index in [-0.39, 0.29) is 12.1 Å². The molecule has 1 unspecified atom stereocenters. The van der Waals surface area contributed by atoms with Crippen LogP contribution in [0.3, 0.4) is 0 Å². The standard InChI is InChI=1S/C23H22N2O4/c1-2-29-21(14-22(26)27)25-20-13-6-5-12-19(20)24(23(25)28)15-17-10-7-9-16-8-3-4-11-18(16)17/h3-13,21H,2,14-15H2,1H3,(H,26,27). The highest BCUT2D eigenvalue weighted by atomic mass is 16.5. The molecule has 1 heterocycles. The summed E-state index contributed by atoms with van der Waals surface area (Å²) in [5.41, 5.74) is 2.16. The van der Waals surface area contributed by atoms with Crippen molar-refractivity contribution in [1.29, 1.82) is 0 Å². The minimum Gasteiger partial charge on any atom is -0.481 e. The van der Waals surface area contributed by atoms with E-state index in [9.17, 15) is 14.7 Å². The second kappa shape index (κ2) is 7.93. The molecule has 0 radical (unpaired) electrons. The van der Waals surface area contributed by atoms with Crippen LogP contribution in [0, 0.1) is 0 Å². The highest BCUT2D eigenvalue weighted by Crippen LogP contribution is 2.24. The van der Waals surface area contributed by atoms with Gasteiger partial charge in [-0.25, -0.2) is 4.79 Å². The second-order valence-electron chi connectivity index (χ2n) is 6.87. The van der Waals surface area contributed by atoms with E-state index < -0.39 is 12.2 Å². The van der Waals surface area contributed by atoms with Crippen LogP contribution in [0.1, 0.15) is 25.1 Å². The number of hydrogen-bond acceptors (Lipinski definition) is 3. The van der Waals surface area contributed by atoms with Gasteiger partial charge in [0.05, 0.1) is 24.0 Å². The van der Waals surface area contributed by atoms with Crippen molar-refractivity contribution < 1.29 is 14.6 Å². The summed E-state index contributed by atoms with van der Waals surface area (Å²) >= 11 is 0. The van der Waals surface area contributed by atoms with Gasteiger partial charge >= 0.3 is 11.7 Å². The molecule has 1 N–H and O–H groups in total. The SMILES string of the molecule is CCOC(CC(=O)O)n1c(=O)n(Cc2cccc3ccccc23)c2ccccc21. The first-order valence-electron chi connectivity index (χ1n) is 9.60. The molecular weight excluding hydrogens is 368 g/mol. The maximum Gasteiger partial charge on any atom is 0.331 e. The normalized spacial score (nSPS) is 12.4. The summed E-state index contributed by atoms with van der Waals surface area (Å²) in [6, 6.07) is 21.5. The van der Waals surface area contributed by atoms with Crippen molar-refractivity contribution in [1.82, 2.24) is 9.13 Å². The van der Waals surface area contributed by atoms with Crippen molar-refractivity contribution in [2.45, 2.75) is 26.1 Å². The van der Waals surface area contributed by atoms with Crippen LogP contribution < -0.4 is 5.69 Å². The molecule has 4 aromatic rings. The first kappa shape index (κ1) is 19.0. The van der Waals surface area contributed by atoms with E-state index in [1.165, 1.54) is 4.57 Å². The Morgan fingerprint density at radius 2 is 1.69 bits per heavy atom. The lowest BCUT2D eigenvalue weighted by Crippen LogP contribution is -2.30. The van der Waals surface area contributed by atoms with Gasteiger partial charge in [0.15, 0.2) is 0 Å². The first-order chi connectivity index (χ1) is 14.1. The topological polar surface area (TPSA) is 73.5 Å². The number of carboxylic acid groups (broad SMARTS) is 1. The lowest BCUT2D eigenvalue weighted by molar-refractivity contribution is -0.142. The van der Waals surface area contributed by atoms with Crippen LogP contribution in [0.25, 0.3) is 21.8 Å². The summed E-state index contributed by atoms with van der Waals surface area (Å²) in [6.45, 7) is 2.49. The largest absolute Gasteiger partial charge is 0.481 e. The molecule has 0 aliphatic heterocycles. The Labute approximate surface area is 167 Å². The molecule has 0 saturated heterocycles.